The summed E-state index contributed by atoms with van der Waals surface area (Å²) in [5.41, 5.74) is 0.480. The van der Waals surface area contributed by atoms with Crippen LogP contribution in [0.25, 0.3) is 0 Å². The molecule has 0 unspecified atom stereocenters. The van der Waals surface area contributed by atoms with Crippen LogP contribution in [0.2, 0.25) is 0 Å². The van der Waals surface area contributed by atoms with Crippen molar-refractivity contribution < 1.29 is 9.90 Å². The third kappa shape index (κ3) is 2.62. The summed E-state index contributed by atoms with van der Waals surface area (Å²) >= 11 is 0. The van der Waals surface area contributed by atoms with E-state index in [1.165, 1.54) is 12.8 Å². The molecule has 1 amide bonds. The second-order valence-electron chi connectivity index (χ2n) is 8.71. The molecule has 4 fully saturated rings. The highest BCUT2D eigenvalue weighted by molar-refractivity contribution is 5.80. The van der Waals surface area contributed by atoms with E-state index >= 15 is 0 Å². The number of aliphatic hydroxyl groups is 1. The number of carbonyl (C=O) groups excluding carboxylic acids is 1. The number of hydrogen-bond donors (Lipinski definition) is 2. The Balaban J connectivity index is 1.58. The molecule has 2 N–H and O–H groups in total. The Labute approximate surface area is 128 Å². The van der Waals surface area contributed by atoms with Crippen molar-refractivity contribution in [1.82, 2.24) is 5.32 Å². The van der Waals surface area contributed by atoms with Crippen LogP contribution in [-0.4, -0.2) is 23.2 Å². The molecule has 0 spiro atoms. The summed E-state index contributed by atoms with van der Waals surface area (Å²) < 4.78 is 0. The summed E-state index contributed by atoms with van der Waals surface area (Å²) in [5.74, 6) is 2.38. The van der Waals surface area contributed by atoms with Crippen molar-refractivity contribution in [2.45, 2.75) is 71.3 Å². The second-order valence-corrected chi connectivity index (χ2v) is 8.71. The fourth-order valence-corrected chi connectivity index (χ4v) is 5.49. The Morgan fingerprint density at radius 2 is 1.95 bits per heavy atom. The average molecular weight is 293 g/mol. The van der Waals surface area contributed by atoms with Crippen molar-refractivity contribution in [3.63, 3.8) is 0 Å². The zero-order valence-electron chi connectivity index (χ0n) is 13.8. The Hall–Kier alpha value is -0.570. The molecule has 0 radical (unpaired) electrons. The molecule has 0 aromatic carbocycles. The Morgan fingerprint density at radius 3 is 2.52 bits per heavy atom. The first-order valence-corrected chi connectivity index (χ1v) is 8.82. The van der Waals surface area contributed by atoms with Crippen LogP contribution < -0.4 is 5.32 Å². The molecular formula is C18H31NO2. The van der Waals surface area contributed by atoms with Gasteiger partial charge in [0.05, 0.1) is 0 Å². The summed E-state index contributed by atoms with van der Waals surface area (Å²) in [6.07, 6.45) is 7.75. The van der Waals surface area contributed by atoms with Gasteiger partial charge in [-0.1, -0.05) is 27.2 Å². The summed E-state index contributed by atoms with van der Waals surface area (Å²) in [6, 6.07) is 0. The first-order valence-electron chi connectivity index (χ1n) is 8.82. The van der Waals surface area contributed by atoms with E-state index < -0.39 is 0 Å². The van der Waals surface area contributed by atoms with Gasteiger partial charge in [-0.3, -0.25) is 4.79 Å². The Morgan fingerprint density at radius 1 is 1.29 bits per heavy atom. The van der Waals surface area contributed by atoms with Crippen LogP contribution in [0.15, 0.2) is 0 Å². The number of hydrogen-bond acceptors (Lipinski definition) is 2. The number of rotatable bonds is 5. The highest BCUT2D eigenvalue weighted by atomic mass is 16.3. The van der Waals surface area contributed by atoms with E-state index in [0.29, 0.717) is 35.7 Å². The van der Waals surface area contributed by atoms with Gasteiger partial charge in [0.2, 0.25) is 5.91 Å². The third-order valence-corrected chi connectivity index (χ3v) is 6.53. The molecule has 0 saturated heterocycles. The van der Waals surface area contributed by atoms with Crippen LogP contribution >= 0.6 is 0 Å². The maximum Gasteiger partial charge on any atom is 0.223 e. The first-order chi connectivity index (χ1) is 9.89. The fourth-order valence-electron chi connectivity index (χ4n) is 5.49. The van der Waals surface area contributed by atoms with Crippen molar-refractivity contribution in [3.05, 3.63) is 0 Å². The Kier molecular flexibility index (Phi) is 3.84. The molecule has 3 atom stereocenters. The zero-order valence-corrected chi connectivity index (χ0v) is 13.8. The molecule has 0 aliphatic heterocycles. The van der Waals surface area contributed by atoms with E-state index in [2.05, 4.69) is 26.1 Å². The van der Waals surface area contributed by atoms with E-state index in [1.54, 1.807) is 0 Å². The van der Waals surface area contributed by atoms with Gasteiger partial charge in [-0.2, -0.15) is 0 Å². The number of carbonyl (C=O) groups is 1. The first kappa shape index (κ1) is 15.3. The Bertz CT molecular complexity index is 398. The van der Waals surface area contributed by atoms with Crippen LogP contribution in [0.4, 0.5) is 0 Å². The highest BCUT2D eigenvalue weighted by Crippen LogP contribution is 2.68. The molecule has 4 saturated carbocycles. The van der Waals surface area contributed by atoms with Gasteiger partial charge >= 0.3 is 0 Å². The minimum absolute atomic E-state index is 0.106. The van der Waals surface area contributed by atoms with Gasteiger partial charge in [0, 0.05) is 18.1 Å². The van der Waals surface area contributed by atoms with E-state index in [1.807, 2.05) is 0 Å². The number of aliphatic hydroxyl groups excluding tert-OH is 1. The van der Waals surface area contributed by atoms with E-state index in [4.69, 9.17) is 5.11 Å². The molecule has 4 rings (SSSR count). The molecule has 21 heavy (non-hydrogen) atoms. The minimum atomic E-state index is 0.106. The monoisotopic (exact) mass is 293 g/mol. The fraction of sp³-hybridized carbons (Fsp3) is 0.944. The maximum atomic E-state index is 12.8. The van der Waals surface area contributed by atoms with Gasteiger partial charge in [-0.05, 0) is 61.7 Å². The lowest BCUT2D eigenvalue weighted by Crippen LogP contribution is -2.75. The zero-order chi connectivity index (χ0) is 15.3. The van der Waals surface area contributed by atoms with Crippen molar-refractivity contribution in [2.24, 2.45) is 29.1 Å². The normalized spacial score (nSPS) is 44.9. The van der Waals surface area contributed by atoms with Crippen molar-refractivity contribution in [2.75, 3.05) is 6.61 Å². The van der Waals surface area contributed by atoms with Gasteiger partial charge in [0.1, 0.15) is 0 Å². The van der Waals surface area contributed by atoms with Crippen molar-refractivity contribution in [3.8, 4) is 0 Å². The van der Waals surface area contributed by atoms with Gasteiger partial charge in [-0.25, -0.2) is 0 Å². The molecule has 2 bridgehead atoms. The maximum absolute atomic E-state index is 12.8. The molecule has 3 nitrogen and oxygen atoms in total. The number of nitrogens with one attached hydrogen (secondary N) is 1. The lowest BCUT2D eigenvalue weighted by molar-refractivity contribution is -0.175. The summed E-state index contributed by atoms with van der Waals surface area (Å²) in [5, 5.41) is 12.5. The lowest BCUT2D eigenvalue weighted by atomic mass is 9.38. The average Bonchev–Trinajstić information content (AvgIpc) is 2.34. The van der Waals surface area contributed by atoms with Crippen LogP contribution in [0, 0.1) is 29.1 Å². The molecule has 120 valence electrons. The van der Waals surface area contributed by atoms with Crippen LogP contribution in [0.3, 0.4) is 0 Å². The lowest BCUT2D eigenvalue weighted by Gasteiger charge is -2.71. The van der Waals surface area contributed by atoms with Gasteiger partial charge < -0.3 is 10.4 Å². The number of amides is 1. The molecule has 4 aliphatic carbocycles. The molecule has 3 heteroatoms. The van der Waals surface area contributed by atoms with E-state index in [-0.39, 0.29) is 11.5 Å². The predicted octanol–water partition coefficient (Wildman–Crippen LogP) is 3.12. The topological polar surface area (TPSA) is 49.3 Å². The van der Waals surface area contributed by atoms with Crippen LogP contribution in [0.5, 0.6) is 0 Å². The smallest absolute Gasteiger partial charge is 0.223 e. The van der Waals surface area contributed by atoms with Gasteiger partial charge in [0.15, 0.2) is 0 Å². The third-order valence-electron chi connectivity index (χ3n) is 6.53. The van der Waals surface area contributed by atoms with Crippen molar-refractivity contribution >= 4 is 5.91 Å². The summed E-state index contributed by atoms with van der Waals surface area (Å²) in [6.45, 7) is 7.10. The predicted molar refractivity (Wildman–Crippen MR) is 83.7 cm³/mol. The molecule has 0 aromatic heterocycles. The highest BCUT2D eigenvalue weighted by Gasteiger charge is 2.67. The minimum Gasteiger partial charge on any atom is -0.396 e. The quantitative estimate of drug-likeness (QED) is 0.818. The van der Waals surface area contributed by atoms with Gasteiger partial charge in [0.25, 0.3) is 0 Å². The summed E-state index contributed by atoms with van der Waals surface area (Å²) in [7, 11) is 0. The molecule has 0 aromatic rings. The summed E-state index contributed by atoms with van der Waals surface area (Å²) in [4.78, 5) is 12.8. The standard InChI is InChI=1S/C18H31NO2/c1-12(2)14-5-4-13(3)8-15(14)16(21)19-18-9-17(10-18,11-18)6-7-20/h12-15,20H,4-11H2,1-3H3,(H,19,21)/t13-,14+,15-,17?,18?/m1/s1. The molecule has 4 aliphatic rings. The molecular weight excluding hydrogens is 262 g/mol. The van der Waals surface area contributed by atoms with Gasteiger partial charge in [-0.15, -0.1) is 0 Å². The van der Waals surface area contributed by atoms with Crippen LogP contribution in [0.1, 0.15) is 65.7 Å². The van der Waals surface area contributed by atoms with Crippen molar-refractivity contribution in [1.29, 1.82) is 0 Å². The SMILES string of the molecule is CC(C)[C@@H]1CC[C@@H](C)C[C@H]1C(=O)NC12CC(CCO)(C1)C2. The van der Waals surface area contributed by atoms with E-state index in [0.717, 1.165) is 32.1 Å². The van der Waals surface area contributed by atoms with E-state index in [9.17, 15) is 4.79 Å². The second kappa shape index (κ2) is 5.26. The van der Waals surface area contributed by atoms with Crippen LogP contribution in [-0.2, 0) is 4.79 Å². The molecule has 0 heterocycles. The largest absolute Gasteiger partial charge is 0.396 e.